The molecule has 15 heavy (non-hydrogen) atoms. The van der Waals surface area contributed by atoms with Crippen LogP contribution in [-0.2, 0) is 4.57 Å². The Kier molecular flexibility index (Phi) is 5.88. The first kappa shape index (κ1) is 16.9. The summed E-state index contributed by atoms with van der Waals surface area (Å²) in [4.78, 5) is -0.577. The molecule has 0 bridgehead atoms. The van der Waals surface area contributed by atoms with Crippen LogP contribution in [0, 0.1) is 0 Å². The van der Waals surface area contributed by atoms with E-state index in [0.29, 0.717) is 0 Å². The molecule has 0 aromatic heterocycles. The second kappa shape index (κ2) is 5.23. The van der Waals surface area contributed by atoms with E-state index in [0.717, 1.165) is 0 Å². The van der Waals surface area contributed by atoms with Crippen molar-refractivity contribution in [1.82, 2.24) is 0 Å². The molecule has 0 aliphatic carbocycles. The Morgan fingerprint density at radius 1 is 0.933 bits per heavy atom. The standard InChI is InChI=1S/C4H5Cl6O4P/c5-1(6)3(9,11)15(13,14)4(10,12)2(7)8/h1-2,11-12H,(H,13,14). The van der Waals surface area contributed by atoms with Gasteiger partial charge in [-0.1, -0.05) is 23.2 Å². The van der Waals surface area contributed by atoms with Crippen molar-refractivity contribution in [3.63, 3.8) is 0 Å². The Hall–Kier alpha value is 1.85. The summed E-state index contributed by atoms with van der Waals surface area (Å²) in [5.41, 5.74) is 0. The van der Waals surface area contributed by atoms with E-state index in [1.54, 1.807) is 0 Å². The van der Waals surface area contributed by atoms with Crippen LogP contribution in [0.4, 0.5) is 0 Å². The third-order valence-corrected chi connectivity index (χ3v) is 7.75. The maximum absolute atomic E-state index is 11.6. The van der Waals surface area contributed by atoms with Gasteiger partial charge in [0.25, 0.3) is 7.37 Å². The Morgan fingerprint density at radius 2 is 1.13 bits per heavy atom. The molecule has 0 fully saturated rings. The molecule has 0 spiro atoms. The summed E-state index contributed by atoms with van der Waals surface area (Å²) in [7, 11) is -5.10. The molecular formula is C4H5Cl6O4P. The average molecular weight is 361 g/mol. The fourth-order valence-corrected chi connectivity index (χ4v) is 3.94. The smallest absolute Gasteiger partial charge is 0.297 e. The third kappa shape index (κ3) is 3.00. The van der Waals surface area contributed by atoms with Crippen molar-refractivity contribution in [3.8, 4) is 0 Å². The summed E-state index contributed by atoms with van der Waals surface area (Å²) >= 11 is 31.1. The molecule has 0 aliphatic rings. The van der Waals surface area contributed by atoms with E-state index in [1.165, 1.54) is 0 Å². The molecule has 0 aromatic carbocycles. The van der Waals surface area contributed by atoms with E-state index >= 15 is 0 Å². The highest BCUT2D eigenvalue weighted by atomic mass is 35.5. The molecule has 92 valence electrons. The fraction of sp³-hybridized carbons (Fsp3) is 1.00. The third-order valence-electron chi connectivity index (χ3n) is 1.41. The van der Waals surface area contributed by atoms with E-state index in [4.69, 9.17) is 69.6 Å². The summed E-state index contributed by atoms with van der Waals surface area (Å²) in [5, 5.41) is 18.7. The quantitative estimate of drug-likeness (QED) is 0.532. The van der Waals surface area contributed by atoms with Crippen molar-refractivity contribution < 1.29 is 19.7 Å². The Labute approximate surface area is 115 Å². The molecule has 0 heterocycles. The molecule has 0 radical (unpaired) electrons. The van der Waals surface area contributed by atoms with E-state index in [-0.39, 0.29) is 0 Å². The maximum atomic E-state index is 11.6. The molecular weight excluding hydrogens is 356 g/mol. The number of hydrogen-bond donors (Lipinski definition) is 3. The van der Waals surface area contributed by atoms with Crippen LogP contribution in [0.15, 0.2) is 0 Å². The normalized spacial score (nSPS) is 24.7. The van der Waals surface area contributed by atoms with Gasteiger partial charge >= 0.3 is 0 Å². The van der Waals surface area contributed by atoms with Crippen molar-refractivity contribution in [2.45, 2.75) is 19.3 Å². The molecule has 2 atom stereocenters. The highest BCUT2D eigenvalue weighted by Crippen LogP contribution is 2.69. The predicted molar refractivity (Wildman–Crippen MR) is 62.4 cm³/mol. The van der Waals surface area contributed by atoms with Gasteiger partial charge < -0.3 is 15.1 Å². The first-order valence-corrected chi connectivity index (χ1v) is 7.27. The van der Waals surface area contributed by atoms with Crippen LogP contribution in [-0.4, -0.2) is 34.4 Å². The van der Waals surface area contributed by atoms with Crippen LogP contribution in [0.25, 0.3) is 0 Å². The van der Waals surface area contributed by atoms with Crippen LogP contribution in [0.1, 0.15) is 0 Å². The molecule has 2 unspecified atom stereocenters. The van der Waals surface area contributed by atoms with Gasteiger partial charge in [-0.15, -0.1) is 46.4 Å². The van der Waals surface area contributed by atoms with Gasteiger partial charge in [-0.2, -0.15) is 0 Å². The molecule has 0 amide bonds. The first-order chi connectivity index (χ1) is 6.39. The van der Waals surface area contributed by atoms with Crippen molar-refractivity contribution in [2.75, 3.05) is 0 Å². The highest BCUT2D eigenvalue weighted by Gasteiger charge is 2.64. The van der Waals surface area contributed by atoms with E-state index in [2.05, 4.69) is 0 Å². The lowest BCUT2D eigenvalue weighted by Gasteiger charge is -2.35. The number of hydrogen-bond acceptors (Lipinski definition) is 3. The zero-order chi connectivity index (χ0) is 12.7. The fourth-order valence-electron chi connectivity index (χ4n) is 0.484. The predicted octanol–water partition coefficient (Wildman–Crippen LogP) is 2.63. The minimum absolute atomic E-state index is 1.90. The minimum Gasteiger partial charge on any atom is -0.365 e. The summed E-state index contributed by atoms with van der Waals surface area (Å²) in [6, 6.07) is 0. The van der Waals surface area contributed by atoms with E-state index in [9.17, 15) is 19.7 Å². The zero-order valence-electron chi connectivity index (χ0n) is 6.62. The second-order valence-corrected chi connectivity index (χ2v) is 8.84. The maximum Gasteiger partial charge on any atom is 0.297 e. The molecule has 0 aliphatic heterocycles. The van der Waals surface area contributed by atoms with Gasteiger partial charge in [0, 0.05) is 0 Å². The summed E-state index contributed by atoms with van der Waals surface area (Å²) in [6.45, 7) is 0. The van der Waals surface area contributed by atoms with Crippen LogP contribution < -0.4 is 0 Å². The van der Waals surface area contributed by atoms with Gasteiger partial charge in [0.15, 0.2) is 9.67 Å². The van der Waals surface area contributed by atoms with Gasteiger partial charge in [-0.25, -0.2) is 0 Å². The molecule has 4 nitrogen and oxygen atoms in total. The Bertz CT molecular complexity index is 254. The van der Waals surface area contributed by atoms with E-state index in [1.807, 2.05) is 0 Å². The lowest BCUT2D eigenvalue weighted by Crippen LogP contribution is -2.41. The van der Waals surface area contributed by atoms with Crippen LogP contribution in [0.5, 0.6) is 0 Å². The van der Waals surface area contributed by atoms with E-state index < -0.39 is 26.6 Å². The average Bonchev–Trinajstić information content (AvgIpc) is 2.02. The van der Waals surface area contributed by atoms with Crippen molar-refractivity contribution >= 4 is 77.0 Å². The topological polar surface area (TPSA) is 77.8 Å². The van der Waals surface area contributed by atoms with Crippen LogP contribution >= 0.6 is 77.0 Å². The number of alkyl halides is 6. The number of halogens is 6. The molecule has 3 N–H and O–H groups in total. The minimum atomic E-state index is -5.10. The van der Waals surface area contributed by atoms with Gasteiger partial charge in [-0.05, 0) is 0 Å². The molecule has 0 aromatic rings. The number of rotatable bonds is 4. The zero-order valence-corrected chi connectivity index (χ0v) is 12.0. The van der Waals surface area contributed by atoms with Gasteiger partial charge in [-0.3, -0.25) is 4.57 Å². The number of aliphatic hydroxyl groups is 2. The summed E-state index contributed by atoms with van der Waals surface area (Å²) in [5.74, 6) is 0. The monoisotopic (exact) mass is 358 g/mol. The molecule has 11 heteroatoms. The second-order valence-electron chi connectivity index (χ2n) is 2.45. The molecule has 0 saturated carbocycles. The van der Waals surface area contributed by atoms with Crippen molar-refractivity contribution in [3.05, 3.63) is 0 Å². The van der Waals surface area contributed by atoms with Gasteiger partial charge in [0.2, 0.25) is 9.60 Å². The Balaban J connectivity index is 5.42. The van der Waals surface area contributed by atoms with Crippen molar-refractivity contribution in [1.29, 1.82) is 0 Å². The highest BCUT2D eigenvalue weighted by molar-refractivity contribution is 7.65. The summed E-state index contributed by atoms with van der Waals surface area (Å²) in [6.07, 6.45) is 0. The Morgan fingerprint density at radius 3 is 1.27 bits per heavy atom. The van der Waals surface area contributed by atoms with Gasteiger partial charge in [0.05, 0.1) is 0 Å². The summed E-state index contributed by atoms with van der Waals surface area (Å²) < 4.78 is 11.6. The first-order valence-electron chi connectivity index (χ1n) is 3.11. The lowest BCUT2D eigenvalue weighted by atomic mass is 10.8. The van der Waals surface area contributed by atoms with Crippen LogP contribution in [0.3, 0.4) is 0 Å². The lowest BCUT2D eigenvalue weighted by molar-refractivity contribution is 0.154. The van der Waals surface area contributed by atoms with Crippen LogP contribution in [0.2, 0.25) is 0 Å². The SMILES string of the molecule is O=P(O)(C(O)(Cl)C(Cl)Cl)C(O)(Cl)C(Cl)Cl. The van der Waals surface area contributed by atoms with Gasteiger partial charge in [0.1, 0.15) is 0 Å². The molecule has 0 saturated heterocycles. The largest absolute Gasteiger partial charge is 0.365 e. The van der Waals surface area contributed by atoms with Crippen molar-refractivity contribution in [2.24, 2.45) is 0 Å². The molecule has 0 rings (SSSR count).